The number of nitrogens with one attached hydrogen (secondary N) is 1. The lowest BCUT2D eigenvalue weighted by molar-refractivity contribution is 0.146. The maximum Gasteiger partial charge on any atom is 0.172 e. The summed E-state index contributed by atoms with van der Waals surface area (Å²) in [5.41, 5.74) is 1.40. The smallest absolute Gasteiger partial charge is 0.172 e. The highest BCUT2D eigenvalue weighted by Gasteiger charge is 2.40. The van der Waals surface area contributed by atoms with Gasteiger partial charge in [-0.05, 0) is 92.8 Å². The van der Waals surface area contributed by atoms with E-state index in [4.69, 9.17) is 24.4 Å². The van der Waals surface area contributed by atoms with Crippen LogP contribution in [-0.2, 0) is 6.42 Å². The molecule has 0 amide bonds. The number of benzene rings is 1. The highest BCUT2D eigenvalue weighted by atomic mass is 32.1. The third kappa shape index (κ3) is 8.32. The molecule has 3 aliphatic rings. The van der Waals surface area contributed by atoms with Crippen LogP contribution in [-0.4, -0.2) is 93.3 Å². The van der Waals surface area contributed by atoms with Crippen LogP contribution in [0.1, 0.15) is 79.2 Å². The Labute approximate surface area is 256 Å². The van der Waals surface area contributed by atoms with Crippen molar-refractivity contribution in [1.82, 2.24) is 24.9 Å². The summed E-state index contributed by atoms with van der Waals surface area (Å²) in [7, 11) is 0. The summed E-state index contributed by atoms with van der Waals surface area (Å²) >= 11 is 12.1. The Morgan fingerprint density at radius 1 is 0.875 bits per heavy atom. The van der Waals surface area contributed by atoms with Crippen molar-refractivity contribution in [3.8, 4) is 0 Å². The lowest BCUT2D eigenvalue weighted by Crippen LogP contribution is -2.51. The van der Waals surface area contributed by atoms with Gasteiger partial charge in [-0.1, -0.05) is 71.9 Å². The Morgan fingerprint density at radius 3 is 2.25 bits per heavy atom. The molecule has 3 heterocycles. The van der Waals surface area contributed by atoms with E-state index in [1.54, 1.807) is 0 Å². The molecule has 4 rings (SSSR count). The first kappa shape index (κ1) is 31.5. The van der Waals surface area contributed by atoms with Crippen LogP contribution in [0.15, 0.2) is 30.3 Å². The molecule has 0 aliphatic carbocycles. The standard InChI is InChI=1S/C33H55N5S2/c1-24(2)17-29-20-34-32(39)37(29)22-28-13-10-15-35(28)21-30(18-25(3)4)38-23-31(19-26(5)6)36(33(38)40)16-14-27-11-8-7-9-12-27/h7-9,11-12,24-26,28-31H,10,13-23H2,1-6H3,(H,34,39)/t28?,29-,30-,31-/m0/s1. The second kappa shape index (κ2) is 14.6. The molecule has 0 aromatic heterocycles. The Morgan fingerprint density at radius 2 is 1.57 bits per heavy atom. The number of thiocarbonyl (C=S) groups is 2. The van der Waals surface area contributed by atoms with E-state index in [1.165, 1.54) is 44.2 Å². The van der Waals surface area contributed by atoms with E-state index in [-0.39, 0.29) is 0 Å². The average Bonchev–Trinajstić information content (AvgIpc) is 3.56. The van der Waals surface area contributed by atoms with Crippen molar-refractivity contribution in [1.29, 1.82) is 0 Å². The molecular weight excluding hydrogens is 531 g/mol. The highest BCUT2D eigenvalue weighted by molar-refractivity contribution is 7.80. The Balaban J connectivity index is 1.46. The van der Waals surface area contributed by atoms with E-state index in [1.807, 2.05) is 0 Å². The Hall–Kier alpha value is -1.44. The molecule has 0 spiro atoms. The quantitative estimate of drug-likeness (QED) is 0.266. The van der Waals surface area contributed by atoms with Crippen LogP contribution in [0.5, 0.6) is 0 Å². The molecule has 4 atom stereocenters. The minimum atomic E-state index is 0.458. The second-order valence-corrected chi connectivity index (χ2v) is 14.6. The van der Waals surface area contributed by atoms with Gasteiger partial charge in [0.05, 0.1) is 0 Å². The zero-order valence-corrected chi connectivity index (χ0v) is 27.7. The van der Waals surface area contributed by atoms with Crippen LogP contribution in [0.3, 0.4) is 0 Å². The summed E-state index contributed by atoms with van der Waals surface area (Å²) in [6.07, 6.45) is 7.19. The topological polar surface area (TPSA) is 25.0 Å². The van der Waals surface area contributed by atoms with Crippen molar-refractivity contribution in [2.75, 3.05) is 39.3 Å². The normalized spacial score (nSPS) is 24.8. The van der Waals surface area contributed by atoms with Gasteiger partial charge in [-0.15, -0.1) is 0 Å². The molecule has 0 bridgehead atoms. The van der Waals surface area contributed by atoms with Gasteiger partial charge in [-0.25, -0.2) is 0 Å². The first-order valence-corrected chi connectivity index (χ1v) is 16.8. The average molecular weight is 586 g/mol. The zero-order chi connectivity index (χ0) is 28.8. The van der Waals surface area contributed by atoms with Crippen LogP contribution < -0.4 is 5.32 Å². The van der Waals surface area contributed by atoms with E-state index < -0.39 is 0 Å². The largest absolute Gasteiger partial charge is 0.360 e. The van der Waals surface area contributed by atoms with Gasteiger partial charge in [0.2, 0.25) is 0 Å². The monoisotopic (exact) mass is 585 g/mol. The molecule has 3 saturated heterocycles. The van der Waals surface area contributed by atoms with Crippen LogP contribution in [0, 0.1) is 17.8 Å². The van der Waals surface area contributed by atoms with E-state index in [0.29, 0.717) is 41.9 Å². The number of rotatable bonds is 14. The van der Waals surface area contributed by atoms with Crippen molar-refractivity contribution < 1.29 is 0 Å². The number of hydrogen-bond donors (Lipinski definition) is 1. The molecule has 1 unspecified atom stereocenters. The number of hydrogen-bond acceptors (Lipinski definition) is 3. The molecular formula is C33H55N5S2. The Kier molecular flexibility index (Phi) is 11.5. The molecule has 0 radical (unpaired) electrons. The van der Waals surface area contributed by atoms with Gasteiger partial charge in [0, 0.05) is 56.9 Å². The van der Waals surface area contributed by atoms with Crippen molar-refractivity contribution in [3.05, 3.63) is 35.9 Å². The van der Waals surface area contributed by atoms with Gasteiger partial charge in [-0.3, -0.25) is 4.90 Å². The molecule has 3 fully saturated rings. The van der Waals surface area contributed by atoms with Crippen LogP contribution in [0.25, 0.3) is 0 Å². The fraction of sp³-hybridized carbons (Fsp3) is 0.758. The minimum Gasteiger partial charge on any atom is -0.360 e. The summed E-state index contributed by atoms with van der Waals surface area (Å²) in [6, 6.07) is 13.0. The fourth-order valence-corrected chi connectivity index (χ4v) is 7.97. The first-order valence-electron chi connectivity index (χ1n) is 16.0. The molecule has 7 heteroatoms. The molecule has 224 valence electrons. The van der Waals surface area contributed by atoms with Crippen molar-refractivity contribution in [2.24, 2.45) is 17.8 Å². The van der Waals surface area contributed by atoms with Crippen LogP contribution in [0.2, 0.25) is 0 Å². The van der Waals surface area contributed by atoms with E-state index >= 15 is 0 Å². The van der Waals surface area contributed by atoms with E-state index in [0.717, 1.165) is 49.4 Å². The zero-order valence-electron chi connectivity index (χ0n) is 26.0. The third-order valence-corrected chi connectivity index (χ3v) is 9.89. The number of likely N-dealkylation sites (tertiary alicyclic amines) is 1. The van der Waals surface area contributed by atoms with Crippen LogP contribution >= 0.6 is 24.4 Å². The van der Waals surface area contributed by atoms with Crippen molar-refractivity contribution in [3.63, 3.8) is 0 Å². The molecule has 5 nitrogen and oxygen atoms in total. The maximum atomic E-state index is 6.29. The summed E-state index contributed by atoms with van der Waals surface area (Å²) in [6.45, 7) is 20.5. The maximum absolute atomic E-state index is 6.29. The van der Waals surface area contributed by atoms with Crippen molar-refractivity contribution >= 4 is 34.7 Å². The SMILES string of the molecule is CC(C)C[C@H]1CNC(=S)N1CC1CCCN1C[C@H](CC(C)C)N1C[C@H](CC(C)C)N(CCc2ccccc2)C1=S. The molecule has 1 N–H and O–H groups in total. The second-order valence-electron chi connectivity index (χ2n) is 13.8. The first-order chi connectivity index (χ1) is 19.1. The summed E-state index contributed by atoms with van der Waals surface area (Å²) < 4.78 is 0. The highest BCUT2D eigenvalue weighted by Crippen LogP contribution is 2.30. The molecule has 1 aromatic carbocycles. The molecule has 40 heavy (non-hydrogen) atoms. The molecule has 1 aromatic rings. The summed E-state index contributed by atoms with van der Waals surface area (Å²) in [5, 5.41) is 5.54. The van der Waals surface area contributed by atoms with Crippen molar-refractivity contribution in [2.45, 2.75) is 104 Å². The Bertz CT molecular complexity index is 951. The van der Waals surface area contributed by atoms with Gasteiger partial charge in [0.1, 0.15) is 0 Å². The van der Waals surface area contributed by atoms with Gasteiger partial charge < -0.3 is 20.0 Å². The van der Waals surface area contributed by atoms with Gasteiger partial charge in [-0.2, -0.15) is 0 Å². The van der Waals surface area contributed by atoms with Crippen LogP contribution in [0.4, 0.5) is 0 Å². The van der Waals surface area contributed by atoms with Gasteiger partial charge in [0.25, 0.3) is 0 Å². The summed E-state index contributed by atoms with van der Waals surface area (Å²) in [5.74, 6) is 1.99. The third-order valence-electron chi connectivity index (χ3n) is 9.04. The van der Waals surface area contributed by atoms with E-state index in [2.05, 4.69) is 96.8 Å². The van der Waals surface area contributed by atoms with Gasteiger partial charge in [0.15, 0.2) is 10.2 Å². The lowest BCUT2D eigenvalue weighted by Gasteiger charge is -2.38. The number of nitrogens with zero attached hydrogens (tertiary/aromatic N) is 4. The van der Waals surface area contributed by atoms with Gasteiger partial charge >= 0.3 is 0 Å². The summed E-state index contributed by atoms with van der Waals surface area (Å²) in [4.78, 5) is 10.5. The fourth-order valence-electron chi connectivity index (χ4n) is 7.20. The predicted molar refractivity (Wildman–Crippen MR) is 178 cm³/mol. The lowest BCUT2D eigenvalue weighted by atomic mass is 10.00. The molecule has 0 saturated carbocycles. The predicted octanol–water partition coefficient (Wildman–Crippen LogP) is 6.03. The molecule has 3 aliphatic heterocycles. The van der Waals surface area contributed by atoms with E-state index in [9.17, 15) is 0 Å². The minimum absolute atomic E-state index is 0.458.